The Balaban J connectivity index is 0.000000807. The standard InChI is InChI=1S/C23H34N4.2CH5N/c1-4-14-23(15-5-2)17(3)26(20-12-8-6-10-18(20)23)16-22-25-19-11-7-9-13-21(19)27(22)24;2*1-2/h7,9,11,13,18,20H,3-6,8,10,12,14-16,24H2,1-2H3;2*2H2,1H3. The van der Waals surface area contributed by atoms with Crippen LogP contribution in [0, 0.1) is 11.3 Å². The van der Waals surface area contributed by atoms with E-state index in [1.54, 1.807) is 4.68 Å². The van der Waals surface area contributed by atoms with Gasteiger partial charge in [-0.2, -0.15) is 0 Å². The molecule has 0 bridgehead atoms. The maximum atomic E-state index is 6.41. The maximum absolute atomic E-state index is 6.41. The van der Waals surface area contributed by atoms with Crippen LogP contribution in [0.5, 0.6) is 0 Å². The zero-order valence-corrected chi connectivity index (χ0v) is 20.1. The zero-order chi connectivity index (χ0) is 23.0. The Morgan fingerprint density at radius 2 is 1.65 bits per heavy atom. The van der Waals surface area contributed by atoms with E-state index in [2.05, 4.69) is 36.8 Å². The Kier molecular flexibility index (Phi) is 9.38. The van der Waals surface area contributed by atoms with E-state index < -0.39 is 0 Å². The molecular formula is C25H44N6. The zero-order valence-electron chi connectivity index (χ0n) is 20.1. The fourth-order valence-electron chi connectivity index (χ4n) is 6.08. The van der Waals surface area contributed by atoms with Crippen LogP contribution < -0.4 is 17.3 Å². The minimum Gasteiger partial charge on any atom is -0.364 e. The van der Waals surface area contributed by atoms with E-state index in [0.717, 1.165) is 29.3 Å². The molecule has 2 heterocycles. The van der Waals surface area contributed by atoms with E-state index >= 15 is 0 Å². The molecule has 6 N–H and O–H groups in total. The lowest BCUT2D eigenvalue weighted by Crippen LogP contribution is -2.36. The lowest BCUT2D eigenvalue weighted by atomic mass is 9.64. The van der Waals surface area contributed by atoms with Crippen molar-refractivity contribution in [3.05, 3.63) is 42.4 Å². The first-order chi connectivity index (χ1) is 15.1. The first-order valence-electron chi connectivity index (χ1n) is 11.9. The number of hydrogen-bond acceptors (Lipinski definition) is 5. The molecule has 2 atom stereocenters. The number of hydrogen-bond donors (Lipinski definition) is 3. The fourth-order valence-corrected chi connectivity index (χ4v) is 6.08. The van der Waals surface area contributed by atoms with Crippen molar-refractivity contribution in [2.45, 2.75) is 77.8 Å². The highest BCUT2D eigenvalue weighted by Gasteiger charge is 2.54. The predicted octanol–water partition coefficient (Wildman–Crippen LogP) is 4.37. The molecule has 2 unspecified atom stereocenters. The molecule has 0 amide bonds. The van der Waals surface area contributed by atoms with Crippen molar-refractivity contribution in [1.29, 1.82) is 0 Å². The van der Waals surface area contributed by atoms with Crippen molar-refractivity contribution < 1.29 is 0 Å². The third kappa shape index (κ3) is 4.60. The summed E-state index contributed by atoms with van der Waals surface area (Å²) in [6, 6.07) is 8.74. The summed E-state index contributed by atoms with van der Waals surface area (Å²) in [5.41, 5.74) is 12.6. The first-order valence-corrected chi connectivity index (χ1v) is 11.9. The van der Waals surface area contributed by atoms with E-state index in [-0.39, 0.29) is 5.41 Å². The van der Waals surface area contributed by atoms with Gasteiger partial charge >= 0.3 is 0 Å². The molecule has 2 aromatic rings. The highest BCUT2D eigenvalue weighted by atomic mass is 15.4. The van der Waals surface area contributed by atoms with Gasteiger partial charge in [0, 0.05) is 17.2 Å². The molecule has 6 heteroatoms. The molecule has 0 spiro atoms. The molecule has 1 aromatic heterocycles. The molecule has 1 aromatic carbocycles. The second-order valence-corrected chi connectivity index (χ2v) is 8.58. The molecule has 0 radical (unpaired) electrons. The van der Waals surface area contributed by atoms with Gasteiger partial charge in [-0.3, -0.25) is 0 Å². The Bertz CT molecular complexity index is 821. The van der Waals surface area contributed by atoms with Gasteiger partial charge in [0.05, 0.1) is 17.6 Å². The van der Waals surface area contributed by atoms with Crippen LogP contribution in [0.1, 0.15) is 71.0 Å². The molecule has 2 aliphatic rings. The van der Waals surface area contributed by atoms with Gasteiger partial charge in [0.1, 0.15) is 5.82 Å². The molecule has 2 fully saturated rings. The minimum absolute atomic E-state index is 0.278. The molecule has 6 nitrogen and oxygen atoms in total. The van der Waals surface area contributed by atoms with Gasteiger partial charge in [-0.1, -0.05) is 58.2 Å². The highest BCUT2D eigenvalue weighted by molar-refractivity contribution is 5.75. The molecule has 174 valence electrons. The number of nitrogens with two attached hydrogens (primary N) is 3. The Morgan fingerprint density at radius 1 is 1.03 bits per heavy atom. The lowest BCUT2D eigenvalue weighted by Gasteiger charge is -2.38. The monoisotopic (exact) mass is 428 g/mol. The number of imidazole rings is 1. The summed E-state index contributed by atoms with van der Waals surface area (Å²) in [7, 11) is 3.00. The van der Waals surface area contributed by atoms with Crippen LogP contribution in [0.4, 0.5) is 0 Å². The van der Waals surface area contributed by atoms with Crippen molar-refractivity contribution in [2.75, 3.05) is 19.9 Å². The highest BCUT2D eigenvalue weighted by Crippen LogP contribution is 2.58. The van der Waals surface area contributed by atoms with Gasteiger partial charge < -0.3 is 22.2 Å². The summed E-state index contributed by atoms with van der Waals surface area (Å²) in [5, 5.41) is 0. The average molecular weight is 429 g/mol. The summed E-state index contributed by atoms with van der Waals surface area (Å²) in [6.07, 6.45) is 10.3. The van der Waals surface area contributed by atoms with E-state index in [4.69, 9.17) is 10.8 Å². The number of allylic oxidation sites excluding steroid dienone is 1. The lowest BCUT2D eigenvalue weighted by molar-refractivity contribution is 0.134. The number of likely N-dealkylation sites (tertiary alicyclic amines) is 1. The number of aromatic nitrogens is 2. The SMILES string of the molecule is C=C1N(Cc2nc3ccccc3n2N)C2CCCCC2C1(CCC)CCC.CN.CN. The smallest absolute Gasteiger partial charge is 0.147 e. The van der Waals surface area contributed by atoms with Crippen molar-refractivity contribution in [3.63, 3.8) is 0 Å². The van der Waals surface area contributed by atoms with Gasteiger partial charge in [0.15, 0.2) is 0 Å². The number of fused-ring (bicyclic) bond motifs is 2. The van der Waals surface area contributed by atoms with Crippen LogP contribution in [0.15, 0.2) is 36.5 Å². The van der Waals surface area contributed by atoms with Crippen LogP contribution in [-0.2, 0) is 6.54 Å². The van der Waals surface area contributed by atoms with Crippen LogP contribution in [0.25, 0.3) is 11.0 Å². The second-order valence-electron chi connectivity index (χ2n) is 8.58. The number of nitrogen functional groups attached to an aromatic ring is 1. The summed E-state index contributed by atoms with van der Waals surface area (Å²) < 4.78 is 1.78. The van der Waals surface area contributed by atoms with Crippen LogP contribution >= 0.6 is 0 Å². The van der Waals surface area contributed by atoms with Crippen LogP contribution in [0.2, 0.25) is 0 Å². The number of nitrogens with zero attached hydrogens (tertiary/aromatic N) is 3. The summed E-state index contributed by atoms with van der Waals surface area (Å²) in [5.74, 6) is 8.11. The van der Waals surface area contributed by atoms with Gasteiger partial charge in [0.2, 0.25) is 0 Å². The number of rotatable bonds is 6. The first kappa shape index (κ1) is 25.2. The van der Waals surface area contributed by atoms with Gasteiger partial charge in [-0.15, -0.1) is 0 Å². The molecule has 1 aliphatic heterocycles. The summed E-state index contributed by atoms with van der Waals surface area (Å²) >= 11 is 0. The maximum Gasteiger partial charge on any atom is 0.147 e. The Hall–Kier alpha value is -2.05. The molecule has 4 rings (SSSR count). The third-order valence-electron chi connectivity index (χ3n) is 7.13. The Labute approximate surface area is 188 Å². The van der Waals surface area contributed by atoms with Crippen molar-refractivity contribution in [1.82, 2.24) is 14.6 Å². The second kappa shape index (κ2) is 11.5. The summed E-state index contributed by atoms with van der Waals surface area (Å²) in [4.78, 5) is 7.43. The van der Waals surface area contributed by atoms with Crippen LogP contribution in [0.3, 0.4) is 0 Å². The van der Waals surface area contributed by atoms with E-state index in [1.807, 2.05) is 24.3 Å². The quantitative estimate of drug-likeness (QED) is 0.593. The van der Waals surface area contributed by atoms with Crippen molar-refractivity contribution in [2.24, 2.45) is 22.8 Å². The van der Waals surface area contributed by atoms with E-state index in [9.17, 15) is 0 Å². The van der Waals surface area contributed by atoms with Gasteiger partial charge in [-0.05, 0) is 57.8 Å². The van der Waals surface area contributed by atoms with Gasteiger partial charge in [-0.25, -0.2) is 9.66 Å². The average Bonchev–Trinajstić information content (AvgIpc) is 3.25. The van der Waals surface area contributed by atoms with Crippen molar-refractivity contribution >= 4 is 11.0 Å². The number of benzene rings is 1. The topological polar surface area (TPSA) is 99.1 Å². The Morgan fingerprint density at radius 3 is 2.26 bits per heavy atom. The van der Waals surface area contributed by atoms with E-state index in [1.165, 1.54) is 71.2 Å². The van der Waals surface area contributed by atoms with Crippen molar-refractivity contribution in [3.8, 4) is 0 Å². The molecule has 1 aliphatic carbocycles. The normalized spacial score (nSPS) is 21.7. The molecule has 1 saturated heterocycles. The van der Waals surface area contributed by atoms with Gasteiger partial charge in [0.25, 0.3) is 0 Å². The third-order valence-corrected chi connectivity index (χ3v) is 7.13. The minimum atomic E-state index is 0.278. The van der Waals surface area contributed by atoms with Crippen LogP contribution in [-0.4, -0.2) is 34.7 Å². The molecular weight excluding hydrogens is 384 g/mol. The largest absolute Gasteiger partial charge is 0.364 e. The molecule has 31 heavy (non-hydrogen) atoms. The summed E-state index contributed by atoms with van der Waals surface area (Å²) in [6.45, 7) is 10.1. The number of para-hydroxylation sites is 2. The fraction of sp³-hybridized carbons (Fsp3) is 0.640. The predicted molar refractivity (Wildman–Crippen MR) is 133 cm³/mol. The molecule has 1 saturated carbocycles. The van der Waals surface area contributed by atoms with E-state index in [0.29, 0.717) is 6.04 Å².